The zero-order chi connectivity index (χ0) is 18.7. The smallest absolute Gasteiger partial charge is 0.263 e. The van der Waals surface area contributed by atoms with Gasteiger partial charge in [-0.05, 0) is 30.3 Å². The summed E-state index contributed by atoms with van der Waals surface area (Å²) in [5.74, 6) is 0.390. The van der Waals surface area contributed by atoms with Gasteiger partial charge in [0.15, 0.2) is 0 Å². The van der Waals surface area contributed by atoms with Crippen LogP contribution in [0.4, 0.5) is 5.69 Å². The first-order valence-electron chi connectivity index (χ1n) is 7.36. The molecule has 0 amide bonds. The molecule has 6 nitrogen and oxygen atoms in total. The van der Waals surface area contributed by atoms with Crippen molar-refractivity contribution >= 4 is 38.9 Å². The Morgan fingerprint density at radius 2 is 1.77 bits per heavy atom. The van der Waals surface area contributed by atoms with E-state index < -0.39 is 10.0 Å². The molecular formula is C17H13Cl2N3O3S. The van der Waals surface area contributed by atoms with Gasteiger partial charge in [-0.15, -0.1) is 10.2 Å². The van der Waals surface area contributed by atoms with Crippen LogP contribution < -0.4 is 9.46 Å². The van der Waals surface area contributed by atoms with Crippen LogP contribution in [0.5, 0.6) is 5.88 Å². The van der Waals surface area contributed by atoms with Gasteiger partial charge < -0.3 is 4.74 Å². The number of nitrogens with zero attached hydrogens (tertiary/aromatic N) is 2. The van der Waals surface area contributed by atoms with E-state index in [-0.39, 0.29) is 14.9 Å². The van der Waals surface area contributed by atoms with E-state index >= 15 is 0 Å². The van der Waals surface area contributed by atoms with Crippen molar-refractivity contribution in [1.82, 2.24) is 10.2 Å². The zero-order valence-corrected chi connectivity index (χ0v) is 15.8. The maximum Gasteiger partial charge on any atom is 0.263 e. The van der Waals surface area contributed by atoms with E-state index in [1.165, 1.54) is 25.3 Å². The fourth-order valence-electron chi connectivity index (χ4n) is 2.23. The maximum atomic E-state index is 12.6. The minimum absolute atomic E-state index is 0.0288. The third-order valence-electron chi connectivity index (χ3n) is 3.47. The van der Waals surface area contributed by atoms with E-state index in [2.05, 4.69) is 14.9 Å². The van der Waals surface area contributed by atoms with Gasteiger partial charge in [0.25, 0.3) is 10.0 Å². The molecule has 0 saturated heterocycles. The highest BCUT2D eigenvalue weighted by atomic mass is 35.5. The van der Waals surface area contributed by atoms with Crippen LogP contribution in [0.1, 0.15) is 0 Å². The molecule has 0 aliphatic carbocycles. The van der Waals surface area contributed by atoms with Crippen LogP contribution in [0.3, 0.4) is 0 Å². The predicted octanol–water partition coefficient (Wildman–Crippen LogP) is 4.26. The standard InChI is InChI=1S/C17H13Cl2N3O3S/c1-25-16-9-8-14(20-21-16)11-4-2-5-12(10-11)22-26(23,24)15-7-3-6-13(18)17(15)19/h2-10,22H,1H3. The molecule has 3 rings (SSSR count). The molecule has 0 aliphatic heterocycles. The first kappa shape index (κ1) is 18.4. The fraction of sp³-hybridized carbons (Fsp3) is 0.0588. The number of nitrogens with one attached hydrogen (secondary N) is 1. The maximum absolute atomic E-state index is 12.6. The van der Waals surface area contributed by atoms with Crippen molar-refractivity contribution in [2.24, 2.45) is 0 Å². The van der Waals surface area contributed by atoms with E-state index in [1.54, 1.807) is 36.4 Å². The topological polar surface area (TPSA) is 81.2 Å². The van der Waals surface area contributed by atoms with Crippen molar-refractivity contribution in [3.63, 3.8) is 0 Å². The number of methoxy groups -OCH3 is 1. The molecule has 1 aromatic heterocycles. The van der Waals surface area contributed by atoms with Gasteiger partial charge in [-0.2, -0.15) is 0 Å². The lowest BCUT2D eigenvalue weighted by atomic mass is 10.1. The van der Waals surface area contributed by atoms with E-state index in [0.29, 0.717) is 22.8 Å². The molecule has 3 aromatic rings. The highest BCUT2D eigenvalue weighted by Gasteiger charge is 2.19. The number of ether oxygens (including phenoxy) is 1. The lowest BCUT2D eigenvalue weighted by Crippen LogP contribution is -2.13. The number of anilines is 1. The number of hydrogen-bond acceptors (Lipinski definition) is 5. The molecule has 0 saturated carbocycles. The first-order valence-corrected chi connectivity index (χ1v) is 9.59. The van der Waals surface area contributed by atoms with Gasteiger partial charge >= 0.3 is 0 Å². The first-order chi connectivity index (χ1) is 12.4. The second kappa shape index (κ2) is 7.49. The van der Waals surface area contributed by atoms with Crippen molar-refractivity contribution in [2.45, 2.75) is 4.90 Å². The monoisotopic (exact) mass is 409 g/mol. The second-order valence-corrected chi connectivity index (χ2v) is 7.64. The lowest BCUT2D eigenvalue weighted by molar-refractivity contribution is 0.392. The van der Waals surface area contributed by atoms with E-state index in [0.717, 1.165) is 0 Å². The highest BCUT2D eigenvalue weighted by molar-refractivity contribution is 7.92. The summed E-state index contributed by atoms with van der Waals surface area (Å²) in [6, 6.07) is 14.6. The molecule has 0 radical (unpaired) electrons. The van der Waals surface area contributed by atoms with Crippen LogP contribution in [-0.2, 0) is 10.0 Å². The molecular weight excluding hydrogens is 397 g/mol. The average molecular weight is 410 g/mol. The molecule has 0 bridgehead atoms. The van der Waals surface area contributed by atoms with E-state index in [9.17, 15) is 8.42 Å². The van der Waals surface area contributed by atoms with Gasteiger partial charge in [-0.1, -0.05) is 41.4 Å². The molecule has 2 aromatic carbocycles. The van der Waals surface area contributed by atoms with Crippen LogP contribution in [0, 0.1) is 0 Å². The molecule has 0 fully saturated rings. The van der Waals surface area contributed by atoms with Crippen LogP contribution >= 0.6 is 23.2 Å². The Balaban J connectivity index is 1.92. The summed E-state index contributed by atoms with van der Waals surface area (Å²) in [5, 5.41) is 8.09. The Hall–Kier alpha value is -2.35. The Kier molecular flexibility index (Phi) is 5.31. The number of sulfonamides is 1. The van der Waals surface area contributed by atoms with Crippen LogP contribution in [0.2, 0.25) is 10.0 Å². The molecule has 0 unspecified atom stereocenters. The number of halogens is 2. The van der Waals surface area contributed by atoms with Crippen LogP contribution in [0.15, 0.2) is 59.5 Å². The van der Waals surface area contributed by atoms with Crippen molar-refractivity contribution < 1.29 is 13.2 Å². The summed E-state index contributed by atoms with van der Waals surface area (Å²) in [7, 11) is -2.40. The van der Waals surface area contributed by atoms with Gasteiger partial charge in [-0.25, -0.2) is 8.42 Å². The lowest BCUT2D eigenvalue weighted by Gasteiger charge is -2.11. The van der Waals surface area contributed by atoms with Gasteiger partial charge in [0.2, 0.25) is 5.88 Å². The van der Waals surface area contributed by atoms with Crippen LogP contribution in [0.25, 0.3) is 11.3 Å². The summed E-state index contributed by atoms with van der Waals surface area (Å²) in [5.41, 5.74) is 1.63. The van der Waals surface area contributed by atoms with Crippen LogP contribution in [-0.4, -0.2) is 25.7 Å². The van der Waals surface area contributed by atoms with E-state index in [1.807, 2.05) is 0 Å². The minimum atomic E-state index is -3.90. The van der Waals surface area contributed by atoms with Gasteiger partial charge in [0.05, 0.1) is 22.8 Å². The number of hydrogen-bond donors (Lipinski definition) is 1. The second-order valence-electron chi connectivity index (χ2n) is 5.20. The summed E-state index contributed by atoms with van der Waals surface area (Å²) in [6.07, 6.45) is 0. The normalized spacial score (nSPS) is 11.2. The fourth-order valence-corrected chi connectivity index (χ4v) is 4.04. The van der Waals surface area contributed by atoms with Crippen molar-refractivity contribution in [3.05, 3.63) is 64.6 Å². The molecule has 1 N–H and O–H groups in total. The molecule has 0 aliphatic rings. The summed E-state index contributed by atoms with van der Waals surface area (Å²) in [4.78, 5) is -0.0960. The average Bonchev–Trinajstić information content (AvgIpc) is 2.64. The molecule has 134 valence electrons. The number of aromatic nitrogens is 2. The Labute approximate surface area is 160 Å². The Morgan fingerprint density at radius 3 is 2.46 bits per heavy atom. The highest BCUT2D eigenvalue weighted by Crippen LogP contribution is 2.30. The molecule has 0 spiro atoms. The summed E-state index contributed by atoms with van der Waals surface area (Å²) < 4.78 is 32.7. The summed E-state index contributed by atoms with van der Waals surface area (Å²) in [6.45, 7) is 0. The quantitative estimate of drug-likeness (QED) is 0.680. The molecule has 26 heavy (non-hydrogen) atoms. The zero-order valence-electron chi connectivity index (χ0n) is 13.5. The molecule has 1 heterocycles. The van der Waals surface area contributed by atoms with Crippen molar-refractivity contribution in [2.75, 3.05) is 11.8 Å². The summed E-state index contributed by atoms with van der Waals surface area (Å²) >= 11 is 11.9. The van der Waals surface area contributed by atoms with E-state index in [4.69, 9.17) is 27.9 Å². The van der Waals surface area contributed by atoms with Crippen molar-refractivity contribution in [1.29, 1.82) is 0 Å². The third-order valence-corrected chi connectivity index (χ3v) is 5.82. The SMILES string of the molecule is COc1ccc(-c2cccc(NS(=O)(=O)c3cccc(Cl)c3Cl)c2)nn1. The Morgan fingerprint density at radius 1 is 1.00 bits per heavy atom. The van der Waals surface area contributed by atoms with Gasteiger partial charge in [0.1, 0.15) is 4.90 Å². The third kappa shape index (κ3) is 3.90. The molecule has 0 atom stereocenters. The largest absolute Gasteiger partial charge is 0.480 e. The van der Waals surface area contributed by atoms with Crippen molar-refractivity contribution in [3.8, 4) is 17.1 Å². The Bertz CT molecular complexity index is 1040. The number of benzene rings is 2. The predicted molar refractivity (Wildman–Crippen MR) is 101 cm³/mol. The minimum Gasteiger partial charge on any atom is -0.480 e. The van der Waals surface area contributed by atoms with Gasteiger partial charge in [0, 0.05) is 17.3 Å². The van der Waals surface area contributed by atoms with Gasteiger partial charge in [-0.3, -0.25) is 4.72 Å². The molecule has 9 heteroatoms. The number of rotatable bonds is 5.